The van der Waals surface area contributed by atoms with E-state index < -0.39 is 0 Å². The lowest BCUT2D eigenvalue weighted by Gasteiger charge is -2.35. The Balaban J connectivity index is 1.33. The van der Waals surface area contributed by atoms with Crippen LogP contribution in [0.2, 0.25) is 0 Å². The first-order chi connectivity index (χ1) is 15.7. The molecule has 3 aromatic carbocycles. The van der Waals surface area contributed by atoms with Crippen LogP contribution in [0, 0.1) is 6.92 Å². The van der Waals surface area contributed by atoms with Crippen LogP contribution >= 0.6 is 0 Å². The summed E-state index contributed by atoms with van der Waals surface area (Å²) < 4.78 is 2.29. The highest BCUT2D eigenvalue weighted by Gasteiger charge is 2.25. The molecular formula is C26H27N5O. The Morgan fingerprint density at radius 3 is 2.34 bits per heavy atom. The fourth-order valence-electron chi connectivity index (χ4n) is 4.24. The molecule has 0 radical (unpaired) electrons. The Bertz CT molecular complexity index is 1230. The Kier molecular flexibility index (Phi) is 5.50. The number of rotatable bonds is 4. The summed E-state index contributed by atoms with van der Waals surface area (Å²) in [5, 5.41) is 3.05. The van der Waals surface area contributed by atoms with E-state index in [4.69, 9.17) is 4.98 Å². The number of anilines is 2. The number of nitrogens with zero attached hydrogens (tertiary/aromatic N) is 4. The number of piperazine rings is 1. The van der Waals surface area contributed by atoms with Crippen LogP contribution in [0.1, 0.15) is 11.1 Å². The minimum absolute atomic E-state index is 0.0447. The molecule has 0 spiro atoms. The van der Waals surface area contributed by atoms with Crippen molar-refractivity contribution in [2.24, 2.45) is 0 Å². The third-order valence-electron chi connectivity index (χ3n) is 6.05. The Labute approximate surface area is 188 Å². The number of amides is 2. The van der Waals surface area contributed by atoms with Crippen LogP contribution < -0.4 is 10.2 Å². The van der Waals surface area contributed by atoms with Crippen molar-refractivity contribution < 1.29 is 4.79 Å². The van der Waals surface area contributed by atoms with Gasteiger partial charge < -0.3 is 19.7 Å². The maximum atomic E-state index is 12.8. The number of fused-ring (bicyclic) bond motifs is 1. The molecule has 6 heteroatoms. The van der Waals surface area contributed by atoms with Crippen LogP contribution in [0.4, 0.5) is 16.4 Å². The third-order valence-corrected chi connectivity index (χ3v) is 6.05. The van der Waals surface area contributed by atoms with Gasteiger partial charge in [0.1, 0.15) is 0 Å². The standard InChI is InChI=1S/C26H27N5O/c1-20-9-5-6-12-22(20)28-26(32)30-17-15-29(16-18-30)25-27-23-13-7-8-14-24(23)31(25)19-21-10-3-2-4-11-21/h2-14H,15-19H2,1H3,(H,28,32). The monoisotopic (exact) mass is 425 g/mol. The summed E-state index contributed by atoms with van der Waals surface area (Å²) in [6, 6.07) is 26.6. The lowest BCUT2D eigenvalue weighted by atomic mass is 10.2. The molecule has 1 N–H and O–H groups in total. The maximum absolute atomic E-state index is 12.8. The SMILES string of the molecule is Cc1ccccc1NC(=O)N1CCN(c2nc3ccccc3n2Cc2ccccc2)CC1. The van der Waals surface area contributed by atoms with Gasteiger partial charge in [-0.2, -0.15) is 0 Å². The van der Waals surface area contributed by atoms with Gasteiger partial charge in [-0.05, 0) is 36.2 Å². The van der Waals surface area contributed by atoms with Crippen LogP contribution in [0.15, 0.2) is 78.9 Å². The molecule has 1 aliphatic heterocycles. The average molecular weight is 426 g/mol. The molecule has 0 bridgehead atoms. The molecule has 6 nitrogen and oxygen atoms in total. The quantitative estimate of drug-likeness (QED) is 0.514. The van der Waals surface area contributed by atoms with Crippen molar-refractivity contribution in [3.05, 3.63) is 90.0 Å². The number of hydrogen-bond donors (Lipinski definition) is 1. The van der Waals surface area contributed by atoms with Gasteiger partial charge in [-0.1, -0.05) is 60.7 Å². The van der Waals surface area contributed by atoms with E-state index in [0.29, 0.717) is 13.1 Å². The minimum atomic E-state index is -0.0447. The summed E-state index contributed by atoms with van der Waals surface area (Å²) in [4.78, 5) is 21.9. The molecule has 2 heterocycles. The van der Waals surface area contributed by atoms with E-state index in [1.165, 1.54) is 5.56 Å². The molecule has 0 unspecified atom stereocenters. The number of imidazole rings is 1. The van der Waals surface area contributed by atoms with E-state index in [9.17, 15) is 4.79 Å². The predicted molar refractivity (Wildman–Crippen MR) is 129 cm³/mol. The number of carbonyl (C=O) groups excluding carboxylic acids is 1. The van der Waals surface area contributed by atoms with Crippen molar-refractivity contribution in [2.45, 2.75) is 13.5 Å². The highest BCUT2D eigenvalue weighted by molar-refractivity contribution is 5.90. The smallest absolute Gasteiger partial charge is 0.321 e. The molecule has 1 aliphatic rings. The van der Waals surface area contributed by atoms with Gasteiger partial charge in [-0.15, -0.1) is 0 Å². The van der Waals surface area contributed by atoms with E-state index in [1.807, 2.05) is 48.2 Å². The highest BCUT2D eigenvalue weighted by Crippen LogP contribution is 2.25. The van der Waals surface area contributed by atoms with Crippen molar-refractivity contribution in [3.8, 4) is 0 Å². The van der Waals surface area contributed by atoms with Crippen molar-refractivity contribution >= 4 is 28.7 Å². The number of nitrogens with one attached hydrogen (secondary N) is 1. The number of carbonyl (C=O) groups is 1. The van der Waals surface area contributed by atoms with E-state index in [-0.39, 0.29) is 6.03 Å². The number of para-hydroxylation sites is 3. The number of aromatic nitrogens is 2. The summed E-state index contributed by atoms with van der Waals surface area (Å²) in [5.74, 6) is 0.967. The zero-order valence-corrected chi connectivity index (χ0v) is 18.2. The van der Waals surface area contributed by atoms with Gasteiger partial charge in [0.25, 0.3) is 0 Å². The van der Waals surface area contributed by atoms with Crippen LogP contribution in [-0.4, -0.2) is 46.7 Å². The van der Waals surface area contributed by atoms with Crippen molar-refractivity contribution in [1.29, 1.82) is 0 Å². The van der Waals surface area contributed by atoms with Gasteiger partial charge in [0.15, 0.2) is 0 Å². The number of urea groups is 1. The molecule has 0 saturated carbocycles. The normalized spacial score (nSPS) is 14.0. The van der Waals surface area contributed by atoms with Crippen molar-refractivity contribution in [2.75, 3.05) is 36.4 Å². The second kappa shape index (κ2) is 8.75. The van der Waals surface area contributed by atoms with Crippen LogP contribution in [0.3, 0.4) is 0 Å². The van der Waals surface area contributed by atoms with E-state index >= 15 is 0 Å². The van der Waals surface area contributed by atoms with Gasteiger partial charge in [-0.3, -0.25) is 0 Å². The molecule has 4 aromatic rings. The molecule has 0 aliphatic carbocycles. The van der Waals surface area contributed by atoms with E-state index in [1.54, 1.807) is 0 Å². The average Bonchev–Trinajstić information content (AvgIpc) is 3.20. The minimum Gasteiger partial charge on any atom is -0.339 e. The Morgan fingerprint density at radius 1 is 0.875 bits per heavy atom. The van der Waals surface area contributed by atoms with Gasteiger partial charge >= 0.3 is 6.03 Å². The first kappa shape index (κ1) is 20.1. The number of hydrogen-bond acceptors (Lipinski definition) is 3. The second-order valence-electron chi connectivity index (χ2n) is 8.19. The van der Waals surface area contributed by atoms with Crippen LogP contribution in [-0.2, 0) is 6.54 Å². The molecule has 1 aromatic heterocycles. The molecule has 1 saturated heterocycles. The van der Waals surface area contributed by atoms with Crippen molar-refractivity contribution in [1.82, 2.24) is 14.5 Å². The van der Waals surface area contributed by atoms with Crippen LogP contribution in [0.5, 0.6) is 0 Å². The van der Waals surface area contributed by atoms with Gasteiger partial charge in [0.2, 0.25) is 5.95 Å². The fourth-order valence-corrected chi connectivity index (χ4v) is 4.24. The topological polar surface area (TPSA) is 53.4 Å². The molecule has 2 amide bonds. The molecule has 5 rings (SSSR count). The molecule has 162 valence electrons. The predicted octanol–water partition coefficient (Wildman–Crippen LogP) is 4.75. The van der Waals surface area contributed by atoms with Gasteiger partial charge in [0.05, 0.1) is 17.6 Å². The largest absolute Gasteiger partial charge is 0.339 e. The zero-order valence-electron chi connectivity index (χ0n) is 18.2. The summed E-state index contributed by atoms with van der Waals surface area (Å²) >= 11 is 0. The number of aryl methyl sites for hydroxylation is 1. The van der Waals surface area contributed by atoms with E-state index in [2.05, 4.69) is 57.2 Å². The summed E-state index contributed by atoms with van der Waals surface area (Å²) in [6.07, 6.45) is 0. The Morgan fingerprint density at radius 2 is 1.56 bits per heavy atom. The van der Waals surface area contributed by atoms with Crippen LogP contribution in [0.25, 0.3) is 11.0 Å². The van der Waals surface area contributed by atoms with Gasteiger partial charge in [0, 0.05) is 31.9 Å². The highest BCUT2D eigenvalue weighted by atomic mass is 16.2. The first-order valence-corrected chi connectivity index (χ1v) is 11.0. The summed E-state index contributed by atoms with van der Waals surface area (Å²) in [6.45, 7) is 5.59. The van der Waals surface area contributed by atoms with Gasteiger partial charge in [-0.25, -0.2) is 9.78 Å². The summed E-state index contributed by atoms with van der Waals surface area (Å²) in [7, 11) is 0. The molecule has 1 fully saturated rings. The number of benzene rings is 3. The molecule has 0 atom stereocenters. The lowest BCUT2D eigenvalue weighted by Crippen LogP contribution is -2.50. The second-order valence-corrected chi connectivity index (χ2v) is 8.19. The lowest BCUT2D eigenvalue weighted by molar-refractivity contribution is 0.208. The maximum Gasteiger partial charge on any atom is 0.321 e. The molecule has 32 heavy (non-hydrogen) atoms. The third kappa shape index (κ3) is 4.04. The molecular weight excluding hydrogens is 398 g/mol. The van der Waals surface area contributed by atoms with Crippen molar-refractivity contribution in [3.63, 3.8) is 0 Å². The fraction of sp³-hybridized carbons (Fsp3) is 0.231. The van der Waals surface area contributed by atoms with E-state index in [0.717, 1.165) is 47.9 Å². The Hall–Kier alpha value is -3.80. The first-order valence-electron chi connectivity index (χ1n) is 11.0. The zero-order chi connectivity index (χ0) is 21.9. The summed E-state index contributed by atoms with van der Waals surface area (Å²) in [5.41, 5.74) is 5.30.